The molecule has 0 radical (unpaired) electrons. The Hall–Kier alpha value is -6.27. The number of benzene rings is 2. The maximum atomic E-state index is 15.9. The Labute approximate surface area is 452 Å². The Kier molecular flexibility index (Phi) is 16.8. The van der Waals surface area contributed by atoms with Gasteiger partial charge in [0.05, 0.1) is 38.7 Å². The molecule has 0 bridgehead atoms. The molecule has 79 heavy (non-hydrogen) atoms. The van der Waals surface area contributed by atoms with Gasteiger partial charge in [0, 0.05) is 79.9 Å². The minimum atomic E-state index is -5.26. The van der Waals surface area contributed by atoms with Crippen LogP contribution in [0.2, 0.25) is 5.02 Å². The fraction of sp³-hybridized carbons (Fsp3) is 0.500. The molecular formula is C48H55ClF10N12O6S2. The Bertz CT molecular complexity index is 3400. The van der Waals surface area contributed by atoms with Gasteiger partial charge in [0.2, 0.25) is 15.9 Å². The monoisotopic (exact) mass is 1180 g/mol. The van der Waals surface area contributed by atoms with E-state index < -0.39 is 143 Å². The number of carbonyl (C=O) groups is 2. The van der Waals surface area contributed by atoms with Crippen molar-refractivity contribution in [3.8, 4) is 11.1 Å². The van der Waals surface area contributed by atoms with Gasteiger partial charge in [0.25, 0.3) is 5.92 Å². The number of aryl methyl sites for hydroxylation is 1. The molecule has 7 rings (SSSR count). The number of urea groups is 1. The van der Waals surface area contributed by atoms with E-state index in [4.69, 9.17) is 27.7 Å². The van der Waals surface area contributed by atoms with Crippen LogP contribution in [0.15, 0.2) is 42.5 Å². The standard InChI is InChI=1S/C48H55ClF10N12O6S2/c1-25-26(2)47(55,56)41-36(25)40(48(57,58)59)65-69(41)23-35(72)64-34(21-27-19-28(50)22-29(51)20-27)38-31(8-7-30(63-38)11-12-45(3,4)78(5,74)75)32-9-10-33(49)37-39(32)70(24-46(52,53)54)66-42(37)71(79(6,76)77)44(73)62-13-14-67-15-17-68(18-16-67)43(60)61/h7-10,19-20,22,25-26,34H,11-18,21,23-24H2,1-6H3,(H3,60,61)(H,62,73)(H,64,72)/t25-,26+,34-/m0/s1. The summed E-state index contributed by atoms with van der Waals surface area (Å²) in [6, 6.07) is 3.94. The number of aromatic nitrogens is 5. The summed E-state index contributed by atoms with van der Waals surface area (Å²) >= 11 is 6.74. The summed E-state index contributed by atoms with van der Waals surface area (Å²) in [4.78, 5) is 36.6. The number of halogens is 11. The first kappa shape index (κ1) is 60.4. The van der Waals surface area contributed by atoms with Gasteiger partial charge in [-0.05, 0) is 68.9 Å². The molecule has 0 unspecified atom stereocenters. The van der Waals surface area contributed by atoms with Crippen LogP contribution in [0.1, 0.15) is 80.0 Å². The number of carbonyl (C=O) groups excluding carboxylic acids is 2. The predicted molar refractivity (Wildman–Crippen MR) is 272 cm³/mol. The lowest BCUT2D eigenvalue weighted by Gasteiger charge is -2.34. The summed E-state index contributed by atoms with van der Waals surface area (Å²) in [7, 11) is -8.55. The second-order valence-electron chi connectivity index (χ2n) is 20.2. The molecule has 2 aliphatic rings. The van der Waals surface area contributed by atoms with Gasteiger partial charge in [-0.1, -0.05) is 37.6 Å². The molecule has 3 atom stereocenters. The molecule has 1 fully saturated rings. The van der Waals surface area contributed by atoms with Crippen molar-refractivity contribution in [3.63, 3.8) is 0 Å². The molecule has 3 amide bonds. The molecule has 0 saturated carbocycles. The normalized spacial score (nSPS) is 17.7. The lowest BCUT2D eigenvalue weighted by Crippen LogP contribution is -2.52. The van der Waals surface area contributed by atoms with E-state index in [0.717, 1.165) is 44.4 Å². The van der Waals surface area contributed by atoms with Crippen LogP contribution < -0.4 is 20.7 Å². The summed E-state index contributed by atoms with van der Waals surface area (Å²) in [5.74, 6) is -11.6. The molecule has 0 spiro atoms. The zero-order valence-electron chi connectivity index (χ0n) is 43.1. The Morgan fingerprint density at radius 3 is 2.11 bits per heavy atom. The third kappa shape index (κ3) is 13.0. The van der Waals surface area contributed by atoms with E-state index in [1.165, 1.54) is 26.0 Å². The average Bonchev–Trinajstić information content (AvgIpc) is 4.17. The third-order valence-electron chi connectivity index (χ3n) is 14.2. The Balaban J connectivity index is 1.41. The molecule has 1 aliphatic carbocycles. The molecule has 5 aromatic rings. The van der Waals surface area contributed by atoms with Crippen molar-refractivity contribution in [2.45, 2.75) is 95.0 Å². The molecule has 4 heterocycles. The van der Waals surface area contributed by atoms with Crippen LogP contribution in [0, 0.1) is 23.0 Å². The highest BCUT2D eigenvalue weighted by Gasteiger charge is 2.57. The summed E-state index contributed by atoms with van der Waals surface area (Å²) in [5.41, 5.74) is 0.220. The number of guanidine groups is 1. The molecule has 31 heteroatoms. The van der Waals surface area contributed by atoms with E-state index in [9.17, 15) is 61.5 Å². The van der Waals surface area contributed by atoms with Crippen molar-refractivity contribution < 1.29 is 70.3 Å². The lowest BCUT2D eigenvalue weighted by atomic mass is 9.93. The van der Waals surface area contributed by atoms with Gasteiger partial charge < -0.3 is 21.3 Å². The van der Waals surface area contributed by atoms with Gasteiger partial charge in [-0.3, -0.25) is 29.5 Å². The van der Waals surface area contributed by atoms with E-state index in [2.05, 4.69) is 20.8 Å². The highest BCUT2D eigenvalue weighted by Crippen LogP contribution is 2.55. The second kappa shape index (κ2) is 22.0. The number of alkyl halides is 8. The zero-order valence-corrected chi connectivity index (χ0v) is 45.5. The quantitative estimate of drug-likeness (QED) is 0.0403. The number of nitrogens with two attached hydrogens (primary N) is 1. The first-order valence-corrected chi connectivity index (χ1v) is 28.4. The number of fused-ring (bicyclic) bond motifs is 2. The van der Waals surface area contributed by atoms with Crippen molar-refractivity contribution >= 4 is 66.1 Å². The number of piperazine rings is 1. The van der Waals surface area contributed by atoms with Crippen LogP contribution in [0.4, 0.5) is 54.5 Å². The van der Waals surface area contributed by atoms with Crippen molar-refractivity contribution in [3.05, 3.63) is 93.0 Å². The molecule has 5 N–H and O–H groups in total. The van der Waals surface area contributed by atoms with E-state index >= 15 is 8.78 Å². The van der Waals surface area contributed by atoms with Crippen LogP contribution in [-0.4, -0.2) is 132 Å². The van der Waals surface area contributed by atoms with Gasteiger partial charge in [-0.25, -0.2) is 30.4 Å². The van der Waals surface area contributed by atoms with Crippen LogP contribution >= 0.6 is 11.6 Å². The fourth-order valence-corrected chi connectivity index (χ4v) is 11.1. The number of hydrogen-bond acceptors (Lipinski definition) is 11. The van der Waals surface area contributed by atoms with Crippen molar-refractivity contribution in [1.29, 1.82) is 5.41 Å². The molecule has 18 nitrogen and oxygen atoms in total. The second-order valence-corrected chi connectivity index (χ2v) is 25.1. The number of amides is 3. The summed E-state index contributed by atoms with van der Waals surface area (Å²) < 4.78 is 201. The maximum Gasteiger partial charge on any atom is 0.435 e. The highest BCUT2D eigenvalue weighted by molar-refractivity contribution is 7.93. The number of hydrogen-bond donors (Lipinski definition) is 4. The van der Waals surface area contributed by atoms with Crippen molar-refractivity contribution in [1.82, 2.24) is 45.0 Å². The number of sulfonamides is 1. The smallest absolute Gasteiger partial charge is 0.370 e. The predicted octanol–water partition coefficient (Wildman–Crippen LogP) is 7.50. The highest BCUT2D eigenvalue weighted by atomic mass is 35.5. The van der Waals surface area contributed by atoms with Crippen molar-refractivity contribution in [2.24, 2.45) is 11.7 Å². The van der Waals surface area contributed by atoms with Crippen LogP contribution in [0.25, 0.3) is 22.0 Å². The summed E-state index contributed by atoms with van der Waals surface area (Å²) in [6.45, 7) is 3.26. The molecule has 1 aliphatic heterocycles. The molecule has 2 aromatic carbocycles. The summed E-state index contributed by atoms with van der Waals surface area (Å²) in [6.07, 6.45) is -9.76. The molecule has 3 aromatic heterocycles. The van der Waals surface area contributed by atoms with Crippen LogP contribution in [0.5, 0.6) is 0 Å². The number of rotatable bonds is 17. The molecular weight excluding hydrogens is 1130 g/mol. The van der Waals surface area contributed by atoms with E-state index in [1.54, 1.807) is 4.90 Å². The van der Waals surface area contributed by atoms with E-state index in [-0.39, 0.29) is 69.0 Å². The lowest BCUT2D eigenvalue weighted by molar-refractivity contribution is -0.143. The SMILES string of the molecule is C[C@@H]1c2c(C(F)(F)F)nn(CC(=O)N[C@@H](Cc3cc(F)cc(F)c3)c3nc(CCC(C)(C)S(C)(=O)=O)ccc3-c3ccc(Cl)c4c(N(C(=O)NCCN5CCN(C(=N)N)CC5)S(C)(=O)=O)nn(CC(F)(F)F)c34)c2C(F)(F)[C@@H]1C. The first-order chi connectivity index (χ1) is 36.4. The molecule has 432 valence electrons. The zero-order chi connectivity index (χ0) is 58.7. The van der Waals surface area contributed by atoms with Crippen LogP contribution in [0.3, 0.4) is 0 Å². The number of pyridine rings is 1. The number of nitrogens with zero attached hydrogens (tertiary/aromatic N) is 8. The largest absolute Gasteiger partial charge is 0.435 e. The van der Waals surface area contributed by atoms with Gasteiger partial charge in [-0.2, -0.15) is 49.6 Å². The van der Waals surface area contributed by atoms with E-state index in [1.807, 2.05) is 4.90 Å². The number of anilines is 1. The fourth-order valence-electron chi connectivity index (χ4n) is 9.60. The Morgan fingerprint density at radius 2 is 1.54 bits per heavy atom. The topological polar surface area (TPSA) is 235 Å². The third-order valence-corrected chi connectivity index (χ3v) is 17.7. The van der Waals surface area contributed by atoms with Crippen LogP contribution in [-0.2, 0) is 62.7 Å². The molecule has 1 saturated heterocycles. The maximum absolute atomic E-state index is 15.9. The van der Waals surface area contributed by atoms with Crippen molar-refractivity contribution in [2.75, 3.05) is 56.1 Å². The van der Waals surface area contributed by atoms with Gasteiger partial charge in [0.15, 0.2) is 27.3 Å². The first-order valence-electron chi connectivity index (χ1n) is 24.2. The average molecular weight is 1190 g/mol. The Morgan fingerprint density at radius 1 is 0.924 bits per heavy atom. The van der Waals surface area contributed by atoms with E-state index in [0.29, 0.717) is 43.2 Å². The minimum Gasteiger partial charge on any atom is -0.370 e. The number of nitrogens with one attached hydrogen (secondary N) is 3. The number of sulfone groups is 1. The minimum absolute atomic E-state index is 0.0535. The summed E-state index contributed by atoms with van der Waals surface area (Å²) in [5, 5.41) is 19.1. The van der Waals surface area contributed by atoms with Gasteiger partial charge >= 0.3 is 18.4 Å². The van der Waals surface area contributed by atoms with Gasteiger partial charge in [0.1, 0.15) is 30.4 Å². The van der Waals surface area contributed by atoms with Gasteiger partial charge in [-0.15, -0.1) is 0 Å².